The summed E-state index contributed by atoms with van der Waals surface area (Å²) in [5.74, 6) is 0.748. The molecule has 0 radical (unpaired) electrons. The Bertz CT molecular complexity index is 661. The summed E-state index contributed by atoms with van der Waals surface area (Å²) >= 11 is 0. The highest BCUT2D eigenvalue weighted by Gasteiger charge is 2.45. The number of carbonyl (C=O) groups excluding carboxylic acids is 1. The van der Waals surface area contributed by atoms with Gasteiger partial charge in [-0.15, -0.1) is 0 Å². The van der Waals surface area contributed by atoms with E-state index in [0.29, 0.717) is 18.6 Å². The Balaban J connectivity index is 1.75. The average molecular weight is 326 g/mol. The zero-order valence-electron chi connectivity index (χ0n) is 13.2. The second kappa shape index (κ2) is 5.37. The number of amides is 1. The Morgan fingerprint density at radius 1 is 1.27 bits per heavy atom. The molecule has 3 heterocycles. The fourth-order valence-corrected chi connectivity index (χ4v) is 5.02. The Morgan fingerprint density at radius 2 is 1.86 bits per heavy atom. The van der Waals surface area contributed by atoms with E-state index in [9.17, 15) is 13.2 Å². The number of rotatable bonds is 3. The predicted octanol–water partition coefficient (Wildman–Crippen LogP) is 1.40. The number of hydrogen-bond acceptors (Lipinski definition) is 5. The van der Waals surface area contributed by atoms with Crippen molar-refractivity contribution < 1.29 is 17.7 Å². The van der Waals surface area contributed by atoms with Crippen molar-refractivity contribution >= 4 is 15.7 Å². The van der Waals surface area contributed by atoms with Gasteiger partial charge in [0.25, 0.3) is 0 Å². The maximum atomic E-state index is 12.7. The molecule has 2 fully saturated rings. The quantitative estimate of drug-likeness (QED) is 0.839. The molecule has 2 aliphatic heterocycles. The smallest absolute Gasteiger partial charge is 0.227 e. The van der Waals surface area contributed by atoms with Gasteiger partial charge >= 0.3 is 0 Å². The molecule has 1 aromatic rings. The van der Waals surface area contributed by atoms with Crippen molar-refractivity contribution in [2.45, 2.75) is 63.3 Å². The summed E-state index contributed by atoms with van der Waals surface area (Å²) in [4.78, 5) is 14.6. The lowest BCUT2D eigenvalue weighted by molar-refractivity contribution is -0.134. The summed E-state index contributed by atoms with van der Waals surface area (Å²) < 4.78 is 28.7. The molecule has 1 amide bonds. The van der Waals surface area contributed by atoms with E-state index in [1.54, 1.807) is 0 Å². The second-order valence-electron chi connectivity index (χ2n) is 6.59. The van der Waals surface area contributed by atoms with Crippen molar-refractivity contribution in [2.75, 3.05) is 6.26 Å². The molecule has 22 heavy (non-hydrogen) atoms. The Labute approximate surface area is 130 Å². The molecule has 2 unspecified atom stereocenters. The van der Waals surface area contributed by atoms with E-state index in [-0.39, 0.29) is 29.7 Å². The Hall–Kier alpha value is -1.37. The van der Waals surface area contributed by atoms with Crippen LogP contribution in [0.2, 0.25) is 0 Å². The second-order valence-corrected chi connectivity index (χ2v) is 8.91. The summed E-state index contributed by atoms with van der Waals surface area (Å²) in [6.07, 6.45) is 4.55. The van der Waals surface area contributed by atoms with Gasteiger partial charge in [0.1, 0.15) is 15.6 Å². The third kappa shape index (κ3) is 2.66. The SMILES string of the molecule is Cc1noc(C)c1CC(=O)N1C2CCC1CC(S(C)(=O)=O)C2. The van der Waals surface area contributed by atoms with Gasteiger partial charge < -0.3 is 9.42 Å². The average Bonchev–Trinajstić information content (AvgIpc) is 2.87. The van der Waals surface area contributed by atoms with Crippen LogP contribution in [0.5, 0.6) is 0 Å². The van der Waals surface area contributed by atoms with Crippen LogP contribution < -0.4 is 0 Å². The van der Waals surface area contributed by atoms with Gasteiger partial charge in [-0.3, -0.25) is 4.79 Å². The van der Waals surface area contributed by atoms with E-state index in [1.807, 2.05) is 18.7 Å². The number of aryl methyl sites for hydroxylation is 2. The molecule has 0 aromatic carbocycles. The van der Waals surface area contributed by atoms with Gasteiger partial charge in [0.05, 0.1) is 17.4 Å². The minimum Gasteiger partial charge on any atom is -0.361 e. The summed E-state index contributed by atoms with van der Waals surface area (Å²) in [6.45, 7) is 3.65. The van der Waals surface area contributed by atoms with Crippen LogP contribution in [0.4, 0.5) is 0 Å². The first kappa shape index (κ1) is 15.5. The maximum absolute atomic E-state index is 12.7. The van der Waals surface area contributed by atoms with Gasteiger partial charge in [-0.25, -0.2) is 8.42 Å². The van der Waals surface area contributed by atoms with Gasteiger partial charge in [0, 0.05) is 23.9 Å². The fraction of sp³-hybridized carbons (Fsp3) is 0.733. The fourth-order valence-electron chi connectivity index (χ4n) is 3.88. The Morgan fingerprint density at radius 3 is 2.32 bits per heavy atom. The summed E-state index contributed by atoms with van der Waals surface area (Å²) in [7, 11) is -3.03. The molecule has 7 heteroatoms. The minimum atomic E-state index is -3.03. The standard InChI is InChI=1S/C15H22N2O4S/c1-9-14(10(2)21-16-9)8-15(18)17-11-4-5-12(17)7-13(6-11)22(3,19)20/h11-13H,4-8H2,1-3H3. The molecule has 0 saturated carbocycles. The number of hydrogen-bond donors (Lipinski definition) is 0. The van der Waals surface area contributed by atoms with Gasteiger partial charge in [0.2, 0.25) is 5.91 Å². The molecule has 0 N–H and O–H groups in total. The zero-order chi connectivity index (χ0) is 16.1. The van der Waals surface area contributed by atoms with E-state index in [1.165, 1.54) is 6.26 Å². The van der Waals surface area contributed by atoms with Crippen molar-refractivity contribution in [3.8, 4) is 0 Å². The van der Waals surface area contributed by atoms with Crippen LogP contribution in [-0.2, 0) is 21.1 Å². The first-order valence-electron chi connectivity index (χ1n) is 7.69. The number of sulfone groups is 1. The van der Waals surface area contributed by atoms with Crippen molar-refractivity contribution in [1.29, 1.82) is 0 Å². The molecule has 6 nitrogen and oxygen atoms in total. The number of carbonyl (C=O) groups is 1. The molecule has 2 bridgehead atoms. The minimum absolute atomic E-state index is 0.0615. The number of nitrogens with zero attached hydrogens (tertiary/aromatic N) is 2. The van der Waals surface area contributed by atoms with Gasteiger partial charge in [-0.1, -0.05) is 5.16 Å². The molecular weight excluding hydrogens is 304 g/mol. The van der Waals surface area contributed by atoms with Crippen molar-refractivity contribution in [2.24, 2.45) is 0 Å². The van der Waals surface area contributed by atoms with Crippen LogP contribution >= 0.6 is 0 Å². The Kier molecular flexibility index (Phi) is 3.79. The molecule has 1 aromatic heterocycles. The van der Waals surface area contributed by atoms with Crippen LogP contribution in [-0.4, -0.2) is 48.0 Å². The highest BCUT2D eigenvalue weighted by molar-refractivity contribution is 7.91. The van der Waals surface area contributed by atoms with Crippen molar-refractivity contribution in [3.63, 3.8) is 0 Å². The lowest BCUT2D eigenvalue weighted by Crippen LogP contribution is -2.50. The van der Waals surface area contributed by atoms with Crippen LogP contribution in [0.1, 0.15) is 42.7 Å². The van der Waals surface area contributed by atoms with E-state index >= 15 is 0 Å². The molecule has 3 rings (SSSR count). The van der Waals surface area contributed by atoms with Crippen LogP contribution in [0, 0.1) is 13.8 Å². The summed E-state index contributed by atoms with van der Waals surface area (Å²) in [5, 5.41) is 3.59. The summed E-state index contributed by atoms with van der Waals surface area (Å²) in [6, 6.07) is 0.123. The third-order valence-electron chi connectivity index (χ3n) is 5.09. The lowest BCUT2D eigenvalue weighted by atomic mass is 10.0. The van der Waals surface area contributed by atoms with Crippen LogP contribution in [0.3, 0.4) is 0 Å². The molecule has 0 spiro atoms. The van der Waals surface area contributed by atoms with Crippen molar-refractivity contribution in [3.05, 3.63) is 17.0 Å². The van der Waals surface area contributed by atoms with Crippen LogP contribution in [0.25, 0.3) is 0 Å². The van der Waals surface area contributed by atoms with E-state index < -0.39 is 9.84 Å². The zero-order valence-corrected chi connectivity index (χ0v) is 14.0. The monoisotopic (exact) mass is 326 g/mol. The predicted molar refractivity (Wildman–Crippen MR) is 81.2 cm³/mol. The van der Waals surface area contributed by atoms with Crippen molar-refractivity contribution in [1.82, 2.24) is 10.1 Å². The molecule has 2 saturated heterocycles. The molecule has 122 valence electrons. The van der Waals surface area contributed by atoms with Gasteiger partial charge in [-0.2, -0.15) is 0 Å². The highest BCUT2D eigenvalue weighted by atomic mass is 32.2. The highest BCUT2D eigenvalue weighted by Crippen LogP contribution is 2.38. The molecule has 2 atom stereocenters. The first-order valence-corrected chi connectivity index (χ1v) is 9.64. The first-order chi connectivity index (χ1) is 10.3. The van der Waals surface area contributed by atoms with Gasteiger partial charge in [-0.05, 0) is 39.5 Å². The number of fused-ring (bicyclic) bond motifs is 2. The normalized spacial score (nSPS) is 28.1. The van der Waals surface area contributed by atoms with Gasteiger partial charge in [0.15, 0.2) is 0 Å². The van der Waals surface area contributed by atoms with E-state index in [2.05, 4.69) is 5.16 Å². The molecule has 0 aliphatic carbocycles. The largest absolute Gasteiger partial charge is 0.361 e. The topological polar surface area (TPSA) is 80.5 Å². The maximum Gasteiger partial charge on any atom is 0.227 e. The number of piperidine rings is 1. The lowest BCUT2D eigenvalue weighted by Gasteiger charge is -2.38. The molecular formula is C15H22N2O4S. The van der Waals surface area contributed by atoms with E-state index in [4.69, 9.17) is 4.52 Å². The summed E-state index contributed by atoms with van der Waals surface area (Å²) in [5.41, 5.74) is 1.61. The number of aromatic nitrogens is 1. The third-order valence-corrected chi connectivity index (χ3v) is 6.69. The van der Waals surface area contributed by atoms with E-state index in [0.717, 1.165) is 24.1 Å². The van der Waals surface area contributed by atoms with Crippen LogP contribution in [0.15, 0.2) is 4.52 Å². The molecule has 2 aliphatic rings.